The molecule has 0 N–H and O–H groups in total. The van der Waals surface area contributed by atoms with E-state index in [1.807, 2.05) is 0 Å². The molecule has 0 spiro atoms. The van der Waals surface area contributed by atoms with Crippen molar-refractivity contribution in [2.45, 2.75) is 0 Å². The van der Waals surface area contributed by atoms with Gasteiger partial charge in [0.05, 0.1) is 0 Å². The molecule has 0 bridgehead atoms. The van der Waals surface area contributed by atoms with Gasteiger partial charge in [-0.1, -0.05) is 31.4 Å². The summed E-state index contributed by atoms with van der Waals surface area (Å²) < 4.78 is 0. The largest absolute Gasteiger partial charge is 0.276 e. The van der Waals surface area contributed by atoms with Crippen LogP contribution in [0.1, 0.15) is 11.1 Å². The van der Waals surface area contributed by atoms with Crippen LogP contribution in [0.25, 0.3) is 11.1 Å². The lowest BCUT2D eigenvalue weighted by atomic mass is 10.0. The molecule has 2 nitrogen and oxygen atoms in total. The zero-order valence-corrected chi connectivity index (χ0v) is 9.81. The van der Waals surface area contributed by atoms with Crippen molar-refractivity contribution < 1.29 is 9.59 Å². The van der Waals surface area contributed by atoms with Gasteiger partial charge in [0, 0.05) is 11.1 Å². The van der Waals surface area contributed by atoms with Crippen LogP contribution in [0.15, 0.2) is 37.4 Å². The van der Waals surface area contributed by atoms with Crippen molar-refractivity contribution in [3.63, 3.8) is 0 Å². The van der Waals surface area contributed by atoms with Gasteiger partial charge in [-0.15, -0.1) is 0 Å². The Hall–Kier alpha value is -1.38. The van der Waals surface area contributed by atoms with Crippen LogP contribution < -0.4 is 0 Å². The summed E-state index contributed by atoms with van der Waals surface area (Å²) in [5.74, 6) is 0. The lowest BCUT2D eigenvalue weighted by Crippen LogP contribution is -1.95. The summed E-state index contributed by atoms with van der Waals surface area (Å²) in [5.41, 5.74) is 1.41. The molecule has 0 saturated heterocycles. The average molecular weight is 255 g/mol. The molecule has 0 atom stereocenters. The van der Waals surface area contributed by atoms with Gasteiger partial charge in [0.2, 0.25) is 0 Å². The highest BCUT2D eigenvalue weighted by molar-refractivity contribution is 6.74. The molecule has 4 heteroatoms. The van der Waals surface area contributed by atoms with Crippen molar-refractivity contribution in [2.24, 2.45) is 0 Å². The minimum atomic E-state index is -0.639. The second kappa shape index (κ2) is 5.10. The fourth-order valence-corrected chi connectivity index (χ4v) is 1.34. The standard InChI is InChI=1S/C12H8Cl2O2/c1-7(11(13)15)9-4-3-5-10(6-9)8(2)12(14)16/h3-6H,1-2H2. The van der Waals surface area contributed by atoms with Crippen LogP contribution >= 0.6 is 23.2 Å². The molecule has 16 heavy (non-hydrogen) atoms. The Bertz CT molecular complexity index is 448. The van der Waals surface area contributed by atoms with E-state index in [1.54, 1.807) is 24.3 Å². The zero-order chi connectivity index (χ0) is 12.3. The molecule has 82 valence electrons. The van der Waals surface area contributed by atoms with Gasteiger partial charge >= 0.3 is 0 Å². The molecular formula is C12H8Cl2O2. The van der Waals surface area contributed by atoms with Gasteiger partial charge in [-0.05, 0) is 40.4 Å². The lowest BCUT2D eigenvalue weighted by Gasteiger charge is -2.04. The first kappa shape index (κ1) is 12.7. The number of carbonyl (C=O) groups excluding carboxylic acids is 2. The number of benzene rings is 1. The van der Waals surface area contributed by atoms with Crippen molar-refractivity contribution in [1.29, 1.82) is 0 Å². The van der Waals surface area contributed by atoms with Gasteiger partial charge < -0.3 is 0 Å². The van der Waals surface area contributed by atoms with Gasteiger partial charge in [0.25, 0.3) is 10.5 Å². The first-order chi connectivity index (χ1) is 7.43. The van der Waals surface area contributed by atoms with Crippen LogP contribution in [0.5, 0.6) is 0 Å². The van der Waals surface area contributed by atoms with Gasteiger partial charge in [-0.2, -0.15) is 0 Å². The van der Waals surface area contributed by atoms with Crippen molar-refractivity contribution in [1.82, 2.24) is 0 Å². The average Bonchev–Trinajstić information content (AvgIpc) is 2.26. The normalized spacial score (nSPS) is 9.62. The first-order valence-corrected chi connectivity index (χ1v) is 5.07. The van der Waals surface area contributed by atoms with Gasteiger partial charge in [0.15, 0.2) is 0 Å². The van der Waals surface area contributed by atoms with E-state index in [4.69, 9.17) is 23.2 Å². The van der Waals surface area contributed by atoms with Gasteiger partial charge in [-0.3, -0.25) is 9.59 Å². The zero-order valence-electron chi connectivity index (χ0n) is 8.30. The van der Waals surface area contributed by atoms with Crippen LogP contribution in [0.2, 0.25) is 0 Å². The van der Waals surface area contributed by atoms with E-state index in [9.17, 15) is 9.59 Å². The van der Waals surface area contributed by atoms with Gasteiger partial charge in [0.1, 0.15) is 0 Å². The third-order valence-corrected chi connectivity index (χ3v) is 2.49. The number of carbonyl (C=O) groups is 2. The van der Waals surface area contributed by atoms with Crippen molar-refractivity contribution in [2.75, 3.05) is 0 Å². The second-order valence-electron chi connectivity index (χ2n) is 3.09. The predicted octanol–water partition coefficient (Wildman–Crippen LogP) is 3.24. The Balaban J connectivity index is 3.14. The Morgan fingerprint density at radius 1 is 0.938 bits per heavy atom. The van der Waals surface area contributed by atoms with E-state index >= 15 is 0 Å². The Morgan fingerprint density at radius 3 is 1.62 bits per heavy atom. The Labute approximate surface area is 103 Å². The fourth-order valence-electron chi connectivity index (χ4n) is 1.12. The monoisotopic (exact) mass is 254 g/mol. The van der Waals surface area contributed by atoms with Crippen molar-refractivity contribution in [3.8, 4) is 0 Å². The molecule has 0 fully saturated rings. The number of hydrogen-bond acceptors (Lipinski definition) is 2. The number of hydrogen-bond donors (Lipinski definition) is 0. The van der Waals surface area contributed by atoms with Crippen LogP contribution in [0.3, 0.4) is 0 Å². The number of halogens is 2. The molecular weight excluding hydrogens is 247 g/mol. The van der Waals surface area contributed by atoms with Crippen LogP contribution in [-0.4, -0.2) is 10.5 Å². The number of rotatable bonds is 4. The summed E-state index contributed by atoms with van der Waals surface area (Å²) in [6, 6.07) is 6.59. The summed E-state index contributed by atoms with van der Waals surface area (Å²) in [4.78, 5) is 21.8. The quantitative estimate of drug-likeness (QED) is 0.611. The predicted molar refractivity (Wildman–Crippen MR) is 66.2 cm³/mol. The summed E-state index contributed by atoms with van der Waals surface area (Å²) in [6.07, 6.45) is 0. The van der Waals surface area contributed by atoms with E-state index in [0.717, 1.165) is 0 Å². The van der Waals surface area contributed by atoms with E-state index < -0.39 is 10.5 Å². The highest BCUT2D eigenvalue weighted by Crippen LogP contribution is 2.21. The molecule has 0 unspecified atom stereocenters. The fraction of sp³-hybridized carbons (Fsp3) is 0. The SMILES string of the molecule is C=C(C(=O)Cl)c1cccc(C(=C)C(=O)Cl)c1. The first-order valence-electron chi connectivity index (χ1n) is 4.31. The molecule has 1 rings (SSSR count). The minimum absolute atomic E-state index is 0.165. The molecule has 0 amide bonds. The molecule has 0 heterocycles. The maximum atomic E-state index is 10.9. The minimum Gasteiger partial charge on any atom is -0.276 e. The number of allylic oxidation sites excluding steroid dienone is 2. The maximum Gasteiger partial charge on any atom is 0.252 e. The molecule has 0 aliphatic rings. The smallest absolute Gasteiger partial charge is 0.252 e. The van der Waals surface area contributed by atoms with E-state index in [2.05, 4.69) is 13.2 Å². The summed E-state index contributed by atoms with van der Waals surface area (Å²) in [7, 11) is 0. The Morgan fingerprint density at radius 2 is 1.31 bits per heavy atom. The molecule has 1 aromatic rings. The summed E-state index contributed by atoms with van der Waals surface area (Å²) >= 11 is 10.6. The maximum absolute atomic E-state index is 10.9. The third-order valence-electron chi connectivity index (χ3n) is 2.03. The Kier molecular flexibility index (Phi) is 4.05. The lowest BCUT2D eigenvalue weighted by molar-refractivity contribution is -0.107. The van der Waals surface area contributed by atoms with Crippen LogP contribution in [0, 0.1) is 0 Å². The summed E-state index contributed by atoms with van der Waals surface area (Å²) in [5, 5.41) is -1.28. The highest BCUT2D eigenvalue weighted by atomic mass is 35.5. The second-order valence-corrected chi connectivity index (χ2v) is 3.77. The van der Waals surface area contributed by atoms with Gasteiger partial charge in [-0.25, -0.2) is 0 Å². The highest BCUT2D eigenvalue weighted by Gasteiger charge is 2.10. The van der Waals surface area contributed by atoms with Crippen molar-refractivity contribution >= 4 is 44.8 Å². The molecule has 0 aliphatic carbocycles. The molecule has 0 saturated carbocycles. The molecule has 0 radical (unpaired) electrons. The topological polar surface area (TPSA) is 34.1 Å². The van der Waals surface area contributed by atoms with Crippen molar-refractivity contribution in [3.05, 3.63) is 48.6 Å². The van der Waals surface area contributed by atoms with E-state index in [0.29, 0.717) is 11.1 Å². The molecule has 0 aliphatic heterocycles. The summed E-state index contributed by atoms with van der Waals surface area (Å²) in [6.45, 7) is 7.08. The van der Waals surface area contributed by atoms with Crippen LogP contribution in [0.4, 0.5) is 0 Å². The van der Waals surface area contributed by atoms with Crippen LogP contribution in [-0.2, 0) is 9.59 Å². The van der Waals surface area contributed by atoms with E-state index in [-0.39, 0.29) is 11.1 Å². The third kappa shape index (κ3) is 2.81. The van der Waals surface area contributed by atoms with E-state index in [1.165, 1.54) is 0 Å². The molecule has 1 aromatic carbocycles. The molecule has 0 aromatic heterocycles.